The molecule has 1 N–H and O–H groups in total. The van der Waals surface area contributed by atoms with Crippen LogP contribution in [0.3, 0.4) is 0 Å². The molecule has 0 heterocycles. The number of allylic oxidation sites excluding steroid dienone is 1. The zero-order valence-corrected chi connectivity index (χ0v) is 4.36. The predicted octanol–water partition coefficient (Wildman–Crippen LogP) is 1.13. The van der Waals surface area contributed by atoms with Crippen molar-refractivity contribution < 1.29 is 0 Å². The highest BCUT2D eigenvalue weighted by atomic mass is 14.8. The van der Waals surface area contributed by atoms with Crippen molar-refractivity contribution in [1.29, 1.82) is 0 Å². The van der Waals surface area contributed by atoms with E-state index in [1.165, 1.54) is 0 Å². The second-order valence-electron chi connectivity index (χ2n) is 1.10. The molecule has 0 saturated carbocycles. The minimum Gasteiger partial charge on any atom is -0.394 e. The van der Waals surface area contributed by atoms with Gasteiger partial charge in [-0.25, -0.2) is 0 Å². The molecule has 0 aliphatic heterocycles. The van der Waals surface area contributed by atoms with E-state index < -0.39 is 0 Å². The summed E-state index contributed by atoms with van der Waals surface area (Å²) in [6, 6.07) is 0. The van der Waals surface area contributed by atoms with Crippen molar-refractivity contribution in [2.75, 3.05) is 7.05 Å². The Bertz CT molecular complexity index is 33.2. The molecule has 1 nitrogen and oxygen atoms in total. The first-order valence-electron chi connectivity index (χ1n) is 2.24. The van der Waals surface area contributed by atoms with Crippen LogP contribution in [0.5, 0.6) is 0 Å². The Hall–Kier alpha value is -0.460. The van der Waals surface area contributed by atoms with Crippen molar-refractivity contribution in [3.8, 4) is 0 Å². The third-order valence-electron chi connectivity index (χ3n) is 0.520. The summed E-state index contributed by atoms with van der Waals surface area (Å²) >= 11 is 0. The number of hydrogen-bond donors (Lipinski definition) is 1. The molecule has 0 aromatic carbocycles. The highest BCUT2D eigenvalue weighted by Crippen LogP contribution is 1.72. The van der Waals surface area contributed by atoms with Crippen LogP contribution in [-0.2, 0) is 0 Å². The fraction of sp³-hybridized carbons (Fsp3) is 0.600. The molecule has 0 aromatic rings. The molecule has 0 spiro atoms. The van der Waals surface area contributed by atoms with E-state index in [0.29, 0.717) is 0 Å². The first kappa shape index (κ1) is 5.54. The molecule has 0 rings (SSSR count). The molecule has 0 bridgehead atoms. The van der Waals surface area contributed by atoms with Crippen LogP contribution in [0.2, 0.25) is 0 Å². The zero-order chi connectivity index (χ0) is 4.83. The maximum Gasteiger partial charge on any atom is 0.00276 e. The van der Waals surface area contributed by atoms with Crippen LogP contribution in [0.4, 0.5) is 0 Å². The van der Waals surface area contributed by atoms with Crippen molar-refractivity contribution in [2.45, 2.75) is 13.3 Å². The lowest BCUT2D eigenvalue weighted by molar-refractivity contribution is 1.07. The van der Waals surface area contributed by atoms with Crippen LogP contribution >= 0.6 is 0 Å². The maximum atomic E-state index is 2.89. The summed E-state index contributed by atoms with van der Waals surface area (Å²) in [7, 11) is 1.90. The standard InChI is InChI=1S/C5H11N/c1-3-4-5-6-2/h4-6H,3H2,1-2H3/b5-4+. The van der Waals surface area contributed by atoms with E-state index in [0.717, 1.165) is 6.42 Å². The topological polar surface area (TPSA) is 12.0 Å². The first-order valence-corrected chi connectivity index (χ1v) is 2.24. The number of nitrogens with one attached hydrogen (secondary N) is 1. The molecular weight excluding hydrogens is 74.1 g/mol. The van der Waals surface area contributed by atoms with Gasteiger partial charge in [-0.1, -0.05) is 13.0 Å². The Balaban J connectivity index is 2.73. The molecule has 0 saturated heterocycles. The van der Waals surface area contributed by atoms with Crippen LogP contribution in [0.15, 0.2) is 12.3 Å². The normalized spacial score (nSPS) is 9.67. The zero-order valence-electron chi connectivity index (χ0n) is 4.36. The summed E-state index contributed by atoms with van der Waals surface area (Å²) in [4.78, 5) is 0. The van der Waals surface area contributed by atoms with E-state index in [1.54, 1.807) is 0 Å². The van der Waals surface area contributed by atoms with Gasteiger partial charge in [-0.2, -0.15) is 0 Å². The summed E-state index contributed by atoms with van der Waals surface area (Å²) in [5.41, 5.74) is 0. The van der Waals surface area contributed by atoms with E-state index in [-0.39, 0.29) is 0 Å². The van der Waals surface area contributed by atoms with Gasteiger partial charge in [0.1, 0.15) is 0 Å². The smallest absolute Gasteiger partial charge is 0.00276 e. The molecular formula is C5H11N. The molecule has 0 aliphatic rings. The number of hydrogen-bond acceptors (Lipinski definition) is 1. The van der Waals surface area contributed by atoms with Gasteiger partial charge in [0, 0.05) is 7.05 Å². The fourth-order valence-electron chi connectivity index (χ4n) is 0.236. The third-order valence-corrected chi connectivity index (χ3v) is 0.520. The van der Waals surface area contributed by atoms with Crippen molar-refractivity contribution in [3.05, 3.63) is 12.3 Å². The molecule has 0 amide bonds. The van der Waals surface area contributed by atoms with Gasteiger partial charge in [0.05, 0.1) is 0 Å². The van der Waals surface area contributed by atoms with Crippen LogP contribution in [0.25, 0.3) is 0 Å². The van der Waals surface area contributed by atoms with E-state index in [4.69, 9.17) is 0 Å². The van der Waals surface area contributed by atoms with Gasteiger partial charge in [0.2, 0.25) is 0 Å². The van der Waals surface area contributed by atoms with Crippen molar-refractivity contribution in [3.63, 3.8) is 0 Å². The quantitative estimate of drug-likeness (QED) is 0.530. The molecule has 0 aromatic heterocycles. The van der Waals surface area contributed by atoms with Crippen LogP contribution < -0.4 is 5.32 Å². The maximum absolute atomic E-state index is 2.89. The van der Waals surface area contributed by atoms with E-state index in [9.17, 15) is 0 Å². The van der Waals surface area contributed by atoms with E-state index in [2.05, 4.69) is 18.3 Å². The average Bonchev–Trinajstić information content (AvgIpc) is 1.61. The SMILES string of the molecule is CC/C=C/NC. The molecule has 0 fully saturated rings. The summed E-state index contributed by atoms with van der Waals surface area (Å²) in [5, 5.41) is 2.89. The Morgan fingerprint density at radius 3 is 2.50 bits per heavy atom. The third kappa shape index (κ3) is 3.54. The van der Waals surface area contributed by atoms with Gasteiger partial charge in [-0.15, -0.1) is 0 Å². The van der Waals surface area contributed by atoms with Crippen molar-refractivity contribution in [1.82, 2.24) is 5.32 Å². The Morgan fingerprint density at radius 2 is 2.33 bits per heavy atom. The first-order chi connectivity index (χ1) is 2.91. The minimum absolute atomic E-state index is 1.11. The fourth-order valence-corrected chi connectivity index (χ4v) is 0.236. The second-order valence-corrected chi connectivity index (χ2v) is 1.10. The van der Waals surface area contributed by atoms with Crippen molar-refractivity contribution in [2.24, 2.45) is 0 Å². The van der Waals surface area contributed by atoms with Gasteiger partial charge in [-0.05, 0) is 12.6 Å². The molecule has 0 atom stereocenters. The summed E-state index contributed by atoms with van der Waals surface area (Å²) in [5.74, 6) is 0. The largest absolute Gasteiger partial charge is 0.394 e. The van der Waals surface area contributed by atoms with Crippen LogP contribution in [-0.4, -0.2) is 7.05 Å². The molecule has 0 radical (unpaired) electrons. The van der Waals surface area contributed by atoms with Crippen molar-refractivity contribution >= 4 is 0 Å². The summed E-state index contributed by atoms with van der Waals surface area (Å²) in [6.07, 6.45) is 5.11. The molecule has 0 aliphatic carbocycles. The van der Waals surface area contributed by atoms with Gasteiger partial charge < -0.3 is 5.32 Å². The monoisotopic (exact) mass is 85.1 g/mol. The van der Waals surface area contributed by atoms with Gasteiger partial charge in [0.15, 0.2) is 0 Å². The van der Waals surface area contributed by atoms with Crippen LogP contribution in [0, 0.1) is 0 Å². The lowest BCUT2D eigenvalue weighted by Gasteiger charge is -1.79. The molecule has 0 unspecified atom stereocenters. The highest BCUT2D eigenvalue weighted by Gasteiger charge is 1.57. The average molecular weight is 85.1 g/mol. The van der Waals surface area contributed by atoms with E-state index in [1.807, 2.05) is 13.2 Å². The van der Waals surface area contributed by atoms with Gasteiger partial charge in [0.25, 0.3) is 0 Å². The Morgan fingerprint density at radius 1 is 1.67 bits per heavy atom. The molecule has 1 heteroatoms. The number of rotatable bonds is 2. The Labute approximate surface area is 39.1 Å². The van der Waals surface area contributed by atoms with Gasteiger partial charge >= 0.3 is 0 Å². The Kier molecular flexibility index (Phi) is 4.19. The second kappa shape index (κ2) is 4.54. The van der Waals surface area contributed by atoms with E-state index >= 15 is 0 Å². The highest BCUT2D eigenvalue weighted by molar-refractivity contribution is 4.74. The summed E-state index contributed by atoms with van der Waals surface area (Å²) in [6.45, 7) is 2.10. The summed E-state index contributed by atoms with van der Waals surface area (Å²) < 4.78 is 0. The minimum atomic E-state index is 1.11. The molecule has 36 valence electrons. The molecule has 6 heavy (non-hydrogen) atoms. The predicted molar refractivity (Wildman–Crippen MR) is 28.5 cm³/mol. The lowest BCUT2D eigenvalue weighted by atomic mass is 10.5. The van der Waals surface area contributed by atoms with Crippen LogP contribution in [0.1, 0.15) is 13.3 Å². The lowest BCUT2D eigenvalue weighted by Crippen LogP contribution is -1.89. The van der Waals surface area contributed by atoms with Gasteiger partial charge in [-0.3, -0.25) is 0 Å².